The Morgan fingerprint density at radius 3 is 2.50 bits per heavy atom. The molecule has 0 aliphatic heterocycles. The van der Waals surface area contributed by atoms with Gasteiger partial charge >= 0.3 is 0 Å². The second-order valence-electron chi connectivity index (χ2n) is 3.49. The predicted octanol–water partition coefficient (Wildman–Crippen LogP) is 1.49. The van der Waals surface area contributed by atoms with E-state index in [1.807, 2.05) is 7.05 Å². The van der Waals surface area contributed by atoms with Gasteiger partial charge in [0.05, 0.1) is 0 Å². The van der Waals surface area contributed by atoms with Crippen molar-refractivity contribution < 1.29 is 0 Å². The van der Waals surface area contributed by atoms with Gasteiger partial charge < -0.3 is 5.32 Å². The molecule has 0 spiro atoms. The van der Waals surface area contributed by atoms with Crippen LogP contribution in [-0.4, -0.2) is 38.1 Å². The zero-order valence-corrected chi connectivity index (χ0v) is 8.85. The lowest BCUT2D eigenvalue weighted by atomic mass is 10.2. The Labute approximate surface area is 76.6 Å². The number of hydrogen-bond acceptors (Lipinski definition) is 2. The van der Waals surface area contributed by atoms with E-state index in [0.717, 1.165) is 13.1 Å². The highest BCUT2D eigenvalue weighted by atomic mass is 15.1. The van der Waals surface area contributed by atoms with Crippen LogP contribution in [0.5, 0.6) is 0 Å². The lowest BCUT2D eigenvalue weighted by Gasteiger charge is -2.26. The first-order valence-corrected chi connectivity index (χ1v) is 4.61. The summed E-state index contributed by atoms with van der Waals surface area (Å²) in [6.07, 6.45) is 1.19. The molecule has 0 aliphatic carbocycles. The Kier molecular flexibility index (Phi) is 6.03. The minimum Gasteiger partial charge on any atom is -0.318 e. The van der Waals surface area contributed by atoms with E-state index in [0.29, 0.717) is 6.04 Å². The summed E-state index contributed by atoms with van der Waals surface area (Å²) in [6, 6.07) is 0.631. The largest absolute Gasteiger partial charge is 0.318 e. The molecule has 0 fully saturated rings. The van der Waals surface area contributed by atoms with Gasteiger partial charge in [0.2, 0.25) is 0 Å². The lowest BCUT2D eigenvalue weighted by molar-refractivity contribution is 0.250. The number of nitrogens with one attached hydrogen (secondary N) is 1. The van der Waals surface area contributed by atoms with Crippen molar-refractivity contribution >= 4 is 0 Å². The molecule has 1 N–H and O–H groups in total. The summed E-state index contributed by atoms with van der Waals surface area (Å²) >= 11 is 0. The molecular formula is C10H22N2. The molecule has 0 rings (SSSR count). The van der Waals surface area contributed by atoms with Crippen LogP contribution in [0.1, 0.15) is 20.3 Å². The molecule has 1 unspecified atom stereocenters. The topological polar surface area (TPSA) is 15.3 Å². The Hall–Kier alpha value is -0.340. The fraction of sp³-hybridized carbons (Fsp3) is 0.800. The second-order valence-corrected chi connectivity index (χ2v) is 3.49. The van der Waals surface area contributed by atoms with E-state index in [2.05, 4.69) is 37.7 Å². The van der Waals surface area contributed by atoms with Gasteiger partial charge in [0.25, 0.3) is 0 Å². The van der Waals surface area contributed by atoms with Gasteiger partial charge in [-0.15, -0.1) is 0 Å². The first-order chi connectivity index (χ1) is 5.61. The van der Waals surface area contributed by atoms with E-state index in [1.165, 1.54) is 12.0 Å². The molecule has 0 aromatic rings. The van der Waals surface area contributed by atoms with Crippen LogP contribution in [0.2, 0.25) is 0 Å². The molecular weight excluding hydrogens is 148 g/mol. The average Bonchev–Trinajstić information content (AvgIpc) is 1.98. The van der Waals surface area contributed by atoms with Crippen LogP contribution in [-0.2, 0) is 0 Å². The van der Waals surface area contributed by atoms with Crippen molar-refractivity contribution in [3.63, 3.8) is 0 Å². The van der Waals surface area contributed by atoms with Crippen LogP contribution in [0, 0.1) is 0 Å². The fourth-order valence-corrected chi connectivity index (χ4v) is 1.40. The quantitative estimate of drug-likeness (QED) is 0.608. The average molecular weight is 170 g/mol. The molecule has 0 radical (unpaired) electrons. The Bertz CT molecular complexity index is 132. The molecule has 0 heterocycles. The molecule has 0 saturated carbocycles. The standard InChI is InChI=1S/C10H22N2/c1-6-10(7-11-4)12(5)8-9(2)3/h10-11H,2,6-8H2,1,3-5H3. The highest BCUT2D eigenvalue weighted by molar-refractivity contribution is 4.92. The van der Waals surface area contributed by atoms with Crippen LogP contribution in [0.25, 0.3) is 0 Å². The highest BCUT2D eigenvalue weighted by Crippen LogP contribution is 2.02. The minimum atomic E-state index is 0.631. The zero-order valence-electron chi connectivity index (χ0n) is 8.85. The van der Waals surface area contributed by atoms with Crippen LogP contribution < -0.4 is 5.32 Å². The molecule has 2 nitrogen and oxygen atoms in total. The van der Waals surface area contributed by atoms with Crippen molar-refractivity contribution in [2.24, 2.45) is 0 Å². The van der Waals surface area contributed by atoms with Crippen LogP contribution in [0.3, 0.4) is 0 Å². The molecule has 2 heteroatoms. The van der Waals surface area contributed by atoms with Crippen LogP contribution in [0.15, 0.2) is 12.2 Å². The molecule has 72 valence electrons. The molecule has 0 amide bonds. The van der Waals surface area contributed by atoms with Gasteiger partial charge in [0, 0.05) is 19.1 Å². The van der Waals surface area contributed by atoms with E-state index in [-0.39, 0.29) is 0 Å². The fourth-order valence-electron chi connectivity index (χ4n) is 1.40. The maximum absolute atomic E-state index is 3.91. The van der Waals surface area contributed by atoms with Gasteiger partial charge in [-0.3, -0.25) is 4.90 Å². The maximum atomic E-state index is 3.91. The van der Waals surface area contributed by atoms with E-state index < -0.39 is 0 Å². The third-order valence-electron chi connectivity index (χ3n) is 2.05. The summed E-state index contributed by atoms with van der Waals surface area (Å²) in [5.41, 5.74) is 1.23. The van der Waals surface area contributed by atoms with E-state index in [9.17, 15) is 0 Å². The van der Waals surface area contributed by atoms with Gasteiger partial charge in [-0.05, 0) is 27.4 Å². The first-order valence-electron chi connectivity index (χ1n) is 4.61. The number of likely N-dealkylation sites (N-methyl/N-ethyl adjacent to an activating group) is 2. The van der Waals surface area contributed by atoms with Crippen molar-refractivity contribution in [1.82, 2.24) is 10.2 Å². The summed E-state index contributed by atoms with van der Waals surface area (Å²) in [4.78, 5) is 2.35. The Balaban J connectivity index is 3.84. The monoisotopic (exact) mass is 170 g/mol. The number of hydrogen-bond donors (Lipinski definition) is 1. The van der Waals surface area contributed by atoms with Crippen molar-refractivity contribution in [3.05, 3.63) is 12.2 Å². The molecule has 12 heavy (non-hydrogen) atoms. The van der Waals surface area contributed by atoms with Crippen molar-refractivity contribution in [2.75, 3.05) is 27.2 Å². The van der Waals surface area contributed by atoms with E-state index in [1.54, 1.807) is 0 Å². The van der Waals surface area contributed by atoms with Crippen molar-refractivity contribution in [3.8, 4) is 0 Å². The second kappa shape index (κ2) is 6.21. The van der Waals surface area contributed by atoms with Gasteiger partial charge in [0.15, 0.2) is 0 Å². The number of nitrogens with zero attached hydrogens (tertiary/aromatic N) is 1. The third-order valence-corrected chi connectivity index (χ3v) is 2.05. The molecule has 1 atom stereocenters. The molecule has 0 aromatic heterocycles. The van der Waals surface area contributed by atoms with Crippen LogP contribution >= 0.6 is 0 Å². The van der Waals surface area contributed by atoms with Gasteiger partial charge in [-0.1, -0.05) is 19.1 Å². The van der Waals surface area contributed by atoms with Crippen LogP contribution in [0.4, 0.5) is 0 Å². The number of rotatable bonds is 6. The van der Waals surface area contributed by atoms with E-state index >= 15 is 0 Å². The van der Waals surface area contributed by atoms with Crippen molar-refractivity contribution in [1.29, 1.82) is 0 Å². The van der Waals surface area contributed by atoms with Gasteiger partial charge in [-0.25, -0.2) is 0 Å². The Morgan fingerprint density at radius 2 is 2.17 bits per heavy atom. The minimum absolute atomic E-state index is 0.631. The third kappa shape index (κ3) is 4.52. The Morgan fingerprint density at radius 1 is 1.58 bits per heavy atom. The SMILES string of the molecule is C=C(C)CN(C)C(CC)CNC. The molecule has 0 bridgehead atoms. The maximum Gasteiger partial charge on any atom is 0.0218 e. The summed E-state index contributed by atoms with van der Waals surface area (Å²) in [5.74, 6) is 0. The predicted molar refractivity (Wildman–Crippen MR) is 55.4 cm³/mol. The summed E-state index contributed by atoms with van der Waals surface area (Å²) in [5, 5.41) is 3.20. The lowest BCUT2D eigenvalue weighted by Crippen LogP contribution is -2.39. The zero-order chi connectivity index (χ0) is 9.56. The smallest absolute Gasteiger partial charge is 0.0218 e. The van der Waals surface area contributed by atoms with E-state index in [4.69, 9.17) is 0 Å². The molecule has 0 saturated heterocycles. The summed E-state index contributed by atoms with van der Waals surface area (Å²) < 4.78 is 0. The summed E-state index contributed by atoms with van der Waals surface area (Å²) in [7, 11) is 4.15. The first kappa shape index (κ1) is 11.7. The van der Waals surface area contributed by atoms with Crippen molar-refractivity contribution in [2.45, 2.75) is 26.3 Å². The summed E-state index contributed by atoms with van der Waals surface area (Å²) in [6.45, 7) is 10.3. The van der Waals surface area contributed by atoms with Gasteiger partial charge in [0.1, 0.15) is 0 Å². The normalized spacial score (nSPS) is 13.4. The molecule has 0 aliphatic rings. The van der Waals surface area contributed by atoms with Gasteiger partial charge in [-0.2, -0.15) is 0 Å². The molecule has 0 aromatic carbocycles. The highest BCUT2D eigenvalue weighted by Gasteiger charge is 2.10.